The van der Waals surface area contributed by atoms with Crippen LogP contribution in [0.5, 0.6) is 5.75 Å². The van der Waals surface area contributed by atoms with Gasteiger partial charge in [0.1, 0.15) is 5.75 Å². The Morgan fingerprint density at radius 3 is 2.03 bits per heavy atom. The second-order valence-corrected chi connectivity index (χ2v) is 9.00. The first kappa shape index (κ1) is 20.3. The van der Waals surface area contributed by atoms with Crippen LogP contribution in [-0.2, 0) is 0 Å². The van der Waals surface area contributed by atoms with Crippen molar-refractivity contribution in [3.63, 3.8) is 0 Å². The lowest BCUT2D eigenvalue weighted by molar-refractivity contribution is -0.153. The Kier molecular flexibility index (Phi) is 5.89. The van der Waals surface area contributed by atoms with Crippen molar-refractivity contribution in [2.45, 2.75) is 57.5 Å². The molecule has 1 unspecified atom stereocenters. The number of ether oxygens (including phenoxy) is 1. The Bertz CT molecular complexity index is 794. The van der Waals surface area contributed by atoms with Crippen molar-refractivity contribution in [3.05, 3.63) is 54.1 Å². The van der Waals surface area contributed by atoms with Gasteiger partial charge < -0.3 is 4.74 Å². The van der Waals surface area contributed by atoms with Crippen LogP contribution in [0.2, 0.25) is 0 Å². The summed E-state index contributed by atoms with van der Waals surface area (Å²) in [6.07, 6.45) is 3.85. The number of benzene rings is 2. The Hall–Kier alpha value is -1.97. The van der Waals surface area contributed by atoms with Crippen LogP contribution in [0.4, 0.5) is 13.2 Å². The monoisotopic (exact) mass is 402 g/mol. The molecule has 2 aliphatic rings. The van der Waals surface area contributed by atoms with Crippen LogP contribution < -0.4 is 4.74 Å². The van der Waals surface area contributed by atoms with Gasteiger partial charge in [-0.05, 0) is 84.6 Å². The summed E-state index contributed by atoms with van der Waals surface area (Å²) in [4.78, 5) is 0. The van der Waals surface area contributed by atoms with Crippen LogP contribution in [-0.4, -0.2) is 12.8 Å². The van der Waals surface area contributed by atoms with E-state index in [9.17, 15) is 13.2 Å². The summed E-state index contributed by atoms with van der Waals surface area (Å²) in [5.74, 6) is 3.64. The second kappa shape index (κ2) is 8.41. The van der Waals surface area contributed by atoms with Crippen LogP contribution in [0.1, 0.15) is 56.9 Å². The van der Waals surface area contributed by atoms with E-state index in [1.54, 1.807) is 12.1 Å². The zero-order valence-electron chi connectivity index (χ0n) is 16.9. The standard InChI is InChI=1S/C25H29F3O/c1-17-2-3-23-15-22(9-8-21(23)14-17)20-6-4-18(5-7-20)19-10-12-24(13-11-19)29-16-25(26,27)28/h4-7,10-13,17,21-23H,2-3,8-9,14-16H2,1H3/t17?,21-,22-,23-/m1/s1. The summed E-state index contributed by atoms with van der Waals surface area (Å²) in [6, 6.07) is 15.6. The fraction of sp³-hybridized carbons (Fsp3) is 0.520. The van der Waals surface area contributed by atoms with Crippen LogP contribution in [0, 0.1) is 17.8 Å². The summed E-state index contributed by atoms with van der Waals surface area (Å²) < 4.78 is 41.6. The third-order valence-electron chi connectivity index (χ3n) is 6.85. The van der Waals surface area contributed by atoms with E-state index in [0.717, 1.165) is 28.9 Å². The van der Waals surface area contributed by atoms with E-state index in [4.69, 9.17) is 4.74 Å². The lowest BCUT2D eigenvalue weighted by Crippen LogP contribution is -2.29. The quantitative estimate of drug-likeness (QED) is 0.511. The van der Waals surface area contributed by atoms with Crippen molar-refractivity contribution in [1.29, 1.82) is 0 Å². The van der Waals surface area contributed by atoms with Gasteiger partial charge in [0.15, 0.2) is 6.61 Å². The number of alkyl halides is 3. The van der Waals surface area contributed by atoms with Gasteiger partial charge in [0, 0.05) is 0 Å². The van der Waals surface area contributed by atoms with E-state index < -0.39 is 12.8 Å². The van der Waals surface area contributed by atoms with Crippen molar-refractivity contribution >= 4 is 0 Å². The average molecular weight is 403 g/mol. The Morgan fingerprint density at radius 2 is 1.38 bits per heavy atom. The summed E-state index contributed by atoms with van der Waals surface area (Å²) in [5.41, 5.74) is 3.49. The molecule has 29 heavy (non-hydrogen) atoms. The van der Waals surface area contributed by atoms with Crippen molar-refractivity contribution in [2.24, 2.45) is 17.8 Å². The molecule has 0 aliphatic heterocycles. The first-order valence-electron chi connectivity index (χ1n) is 10.8. The van der Waals surface area contributed by atoms with Crippen molar-refractivity contribution in [2.75, 3.05) is 6.61 Å². The highest BCUT2D eigenvalue weighted by atomic mass is 19.4. The number of rotatable bonds is 4. The Morgan fingerprint density at radius 1 is 0.793 bits per heavy atom. The summed E-state index contributed by atoms with van der Waals surface area (Å²) >= 11 is 0. The molecule has 0 heterocycles. The van der Waals surface area contributed by atoms with E-state index in [1.807, 2.05) is 12.1 Å². The lowest BCUT2D eigenvalue weighted by Gasteiger charge is -2.41. The maximum atomic E-state index is 12.3. The first-order valence-corrected chi connectivity index (χ1v) is 10.8. The van der Waals surface area contributed by atoms with E-state index in [2.05, 4.69) is 31.2 Å². The molecule has 2 aromatic rings. The third kappa shape index (κ3) is 5.15. The molecule has 0 radical (unpaired) electrons. The molecular formula is C25H29F3O. The number of fused-ring (bicyclic) bond motifs is 1. The van der Waals surface area contributed by atoms with E-state index >= 15 is 0 Å². The molecule has 0 spiro atoms. The van der Waals surface area contributed by atoms with Crippen LogP contribution in [0.25, 0.3) is 11.1 Å². The Labute approximate surface area is 171 Å². The van der Waals surface area contributed by atoms with Gasteiger partial charge in [-0.3, -0.25) is 0 Å². The molecule has 2 fully saturated rings. The molecule has 0 amide bonds. The highest BCUT2D eigenvalue weighted by Crippen LogP contribution is 2.47. The predicted molar refractivity (Wildman–Crippen MR) is 110 cm³/mol. The fourth-order valence-corrected chi connectivity index (χ4v) is 5.28. The zero-order chi connectivity index (χ0) is 20.4. The van der Waals surface area contributed by atoms with Crippen LogP contribution in [0.15, 0.2) is 48.5 Å². The summed E-state index contributed by atoms with van der Waals surface area (Å²) in [6.45, 7) is 1.14. The minimum absolute atomic E-state index is 0.237. The highest BCUT2D eigenvalue weighted by molar-refractivity contribution is 5.64. The topological polar surface area (TPSA) is 9.23 Å². The van der Waals surface area contributed by atoms with Crippen LogP contribution in [0.3, 0.4) is 0 Å². The molecule has 2 aromatic carbocycles. The molecule has 1 nitrogen and oxygen atoms in total. The predicted octanol–water partition coefficient (Wildman–Crippen LogP) is 7.61. The molecule has 4 atom stereocenters. The second-order valence-electron chi connectivity index (χ2n) is 9.00. The van der Waals surface area contributed by atoms with E-state index in [-0.39, 0.29) is 5.75 Å². The molecule has 0 aromatic heterocycles. The minimum atomic E-state index is -4.32. The normalized spacial score (nSPS) is 27.3. The van der Waals surface area contributed by atoms with Crippen molar-refractivity contribution < 1.29 is 17.9 Å². The summed E-state index contributed by atoms with van der Waals surface area (Å²) in [5, 5.41) is 0. The third-order valence-corrected chi connectivity index (χ3v) is 6.85. The molecular weight excluding hydrogens is 373 g/mol. The fourth-order valence-electron chi connectivity index (χ4n) is 5.28. The lowest BCUT2D eigenvalue weighted by atomic mass is 9.64. The van der Waals surface area contributed by atoms with Gasteiger partial charge in [-0.1, -0.05) is 49.7 Å². The molecule has 0 N–H and O–H groups in total. The largest absolute Gasteiger partial charge is 0.484 e. The van der Waals surface area contributed by atoms with Crippen LogP contribution >= 0.6 is 0 Å². The first-order chi connectivity index (χ1) is 13.9. The average Bonchev–Trinajstić information content (AvgIpc) is 2.72. The van der Waals surface area contributed by atoms with E-state index in [1.165, 1.54) is 44.1 Å². The maximum absolute atomic E-state index is 12.3. The molecule has 4 heteroatoms. The Balaban J connectivity index is 1.38. The SMILES string of the molecule is CC1CC[C@@H]2C[C@H](c3ccc(-c4ccc(OCC(F)(F)F)cc4)cc3)CC[C@@H]2C1. The molecule has 0 saturated heterocycles. The smallest absolute Gasteiger partial charge is 0.422 e. The number of hydrogen-bond donors (Lipinski definition) is 0. The minimum Gasteiger partial charge on any atom is -0.484 e. The molecule has 2 saturated carbocycles. The van der Waals surface area contributed by atoms with Crippen molar-refractivity contribution in [1.82, 2.24) is 0 Å². The van der Waals surface area contributed by atoms with E-state index in [0.29, 0.717) is 5.92 Å². The molecule has 0 bridgehead atoms. The van der Waals surface area contributed by atoms with Crippen molar-refractivity contribution in [3.8, 4) is 16.9 Å². The van der Waals surface area contributed by atoms with Gasteiger partial charge in [-0.25, -0.2) is 0 Å². The summed E-state index contributed by atoms with van der Waals surface area (Å²) in [7, 11) is 0. The van der Waals surface area contributed by atoms with Gasteiger partial charge in [0.25, 0.3) is 0 Å². The van der Waals surface area contributed by atoms with Gasteiger partial charge in [-0.15, -0.1) is 0 Å². The molecule has 156 valence electrons. The van der Waals surface area contributed by atoms with Gasteiger partial charge >= 0.3 is 6.18 Å². The number of halogens is 3. The molecule has 2 aliphatic carbocycles. The van der Waals surface area contributed by atoms with Gasteiger partial charge in [0.05, 0.1) is 0 Å². The van der Waals surface area contributed by atoms with Gasteiger partial charge in [0.2, 0.25) is 0 Å². The van der Waals surface area contributed by atoms with Gasteiger partial charge in [-0.2, -0.15) is 13.2 Å². The molecule has 4 rings (SSSR count). The zero-order valence-corrected chi connectivity index (χ0v) is 16.9. The number of hydrogen-bond acceptors (Lipinski definition) is 1. The maximum Gasteiger partial charge on any atom is 0.422 e. The highest BCUT2D eigenvalue weighted by Gasteiger charge is 2.34.